The summed E-state index contributed by atoms with van der Waals surface area (Å²) < 4.78 is 11.4. The van der Waals surface area contributed by atoms with Crippen LogP contribution in [0.5, 0.6) is 5.75 Å². The van der Waals surface area contributed by atoms with E-state index in [2.05, 4.69) is 32.0 Å². The van der Waals surface area contributed by atoms with Crippen LogP contribution in [0, 0.1) is 0 Å². The number of benzene rings is 1. The smallest absolute Gasteiger partial charge is 0.123 e. The normalized spacial score (nSPS) is 23.6. The summed E-state index contributed by atoms with van der Waals surface area (Å²) in [5, 5.41) is 0.0111. The molecule has 1 unspecified atom stereocenters. The van der Waals surface area contributed by atoms with Gasteiger partial charge in [-0.15, -0.1) is 11.6 Å². The third-order valence-corrected chi connectivity index (χ3v) is 5.34. The van der Waals surface area contributed by atoms with Crippen LogP contribution in [0.25, 0.3) is 0 Å². The Morgan fingerprint density at radius 1 is 1.35 bits per heavy atom. The fourth-order valence-electron chi connectivity index (χ4n) is 3.24. The Bertz CT molecular complexity index is 500. The average molecular weight is 295 g/mol. The highest BCUT2D eigenvalue weighted by atomic mass is 35.5. The zero-order valence-corrected chi connectivity index (χ0v) is 13.3. The second-order valence-electron chi connectivity index (χ2n) is 6.84. The molecule has 0 N–H and O–H groups in total. The minimum Gasteiger partial charge on any atom is -0.492 e. The Labute approximate surface area is 126 Å². The highest BCUT2D eigenvalue weighted by Gasteiger charge is 2.39. The molecule has 1 saturated carbocycles. The maximum Gasteiger partial charge on any atom is 0.123 e. The van der Waals surface area contributed by atoms with Crippen LogP contribution >= 0.6 is 11.6 Å². The van der Waals surface area contributed by atoms with Gasteiger partial charge in [-0.25, -0.2) is 0 Å². The maximum atomic E-state index is 6.66. The Hall–Kier alpha value is -0.730. The Morgan fingerprint density at radius 2 is 2.10 bits per heavy atom. The van der Waals surface area contributed by atoms with E-state index in [1.54, 1.807) is 0 Å². The van der Waals surface area contributed by atoms with Gasteiger partial charge in [-0.2, -0.15) is 0 Å². The van der Waals surface area contributed by atoms with E-state index in [1.165, 1.54) is 17.5 Å². The first-order chi connectivity index (χ1) is 9.46. The maximum absolute atomic E-state index is 6.66. The van der Waals surface area contributed by atoms with Gasteiger partial charge in [0.2, 0.25) is 0 Å². The first kappa shape index (κ1) is 14.2. The molecule has 2 nitrogen and oxygen atoms in total. The molecule has 1 fully saturated rings. The predicted octanol–water partition coefficient (Wildman–Crippen LogP) is 4.60. The molecule has 0 aromatic heterocycles. The molecule has 1 aliphatic heterocycles. The highest BCUT2D eigenvalue weighted by molar-refractivity contribution is 6.20. The molecular weight excluding hydrogens is 272 g/mol. The number of fused-ring (bicyclic) bond motifs is 1. The first-order valence-corrected chi connectivity index (χ1v) is 7.86. The van der Waals surface area contributed by atoms with E-state index in [4.69, 9.17) is 21.1 Å². The van der Waals surface area contributed by atoms with Crippen LogP contribution in [-0.4, -0.2) is 19.3 Å². The van der Waals surface area contributed by atoms with Crippen molar-refractivity contribution in [1.82, 2.24) is 0 Å². The summed E-state index contributed by atoms with van der Waals surface area (Å²) in [7, 11) is 1.81. The van der Waals surface area contributed by atoms with Crippen LogP contribution < -0.4 is 4.74 Å². The Morgan fingerprint density at radius 3 is 2.70 bits per heavy atom. The van der Waals surface area contributed by atoms with Gasteiger partial charge in [0, 0.05) is 18.1 Å². The van der Waals surface area contributed by atoms with Gasteiger partial charge in [0.1, 0.15) is 5.75 Å². The summed E-state index contributed by atoms with van der Waals surface area (Å²) in [6.07, 6.45) is 4.41. The quantitative estimate of drug-likeness (QED) is 0.756. The van der Waals surface area contributed by atoms with Crippen molar-refractivity contribution in [3.8, 4) is 5.75 Å². The molecule has 0 saturated heterocycles. The number of rotatable bonds is 4. The van der Waals surface area contributed by atoms with Crippen molar-refractivity contribution >= 4 is 11.6 Å². The van der Waals surface area contributed by atoms with E-state index in [1.807, 2.05) is 7.11 Å². The molecular formula is C17H23ClO2. The molecule has 3 rings (SSSR count). The van der Waals surface area contributed by atoms with E-state index in [-0.39, 0.29) is 16.4 Å². The summed E-state index contributed by atoms with van der Waals surface area (Å²) in [5.41, 5.74) is 2.56. The van der Waals surface area contributed by atoms with Crippen molar-refractivity contribution in [1.29, 1.82) is 0 Å². The van der Waals surface area contributed by atoms with Crippen LogP contribution in [0.3, 0.4) is 0 Å². The third kappa shape index (κ3) is 2.33. The molecule has 1 aliphatic carbocycles. The number of alkyl halides is 1. The lowest BCUT2D eigenvalue weighted by Gasteiger charge is -2.41. The van der Waals surface area contributed by atoms with E-state index in [9.17, 15) is 0 Å². The van der Waals surface area contributed by atoms with Crippen molar-refractivity contribution in [2.75, 3.05) is 13.7 Å². The van der Waals surface area contributed by atoms with Crippen molar-refractivity contribution in [3.63, 3.8) is 0 Å². The topological polar surface area (TPSA) is 18.5 Å². The van der Waals surface area contributed by atoms with Gasteiger partial charge in [-0.1, -0.05) is 19.9 Å². The number of halogens is 1. The van der Waals surface area contributed by atoms with Crippen molar-refractivity contribution < 1.29 is 9.47 Å². The first-order valence-electron chi connectivity index (χ1n) is 7.42. The molecule has 3 heteroatoms. The van der Waals surface area contributed by atoms with E-state index in [0.717, 1.165) is 31.6 Å². The van der Waals surface area contributed by atoms with Crippen LogP contribution in [0.2, 0.25) is 0 Å². The predicted molar refractivity (Wildman–Crippen MR) is 81.8 cm³/mol. The van der Waals surface area contributed by atoms with Crippen molar-refractivity contribution in [2.45, 2.75) is 55.9 Å². The minimum atomic E-state index is 0.0111. The fourth-order valence-corrected chi connectivity index (χ4v) is 3.66. The molecule has 1 aromatic carbocycles. The van der Waals surface area contributed by atoms with E-state index < -0.39 is 0 Å². The van der Waals surface area contributed by atoms with Gasteiger partial charge in [-0.05, 0) is 43.4 Å². The molecule has 0 bridgehead atoms. The second-order valence-corrected chi connectivity index (χ2v) is 7.37. The molecule has 1 heterocycles. The minimum absolute atomic E-state index is 0.0111. The lowest BCUT2D eigenvalue weighted by atomic mass is 9.75. The van der Waals surface area contributed by atoms with Crippen molar-refractivity contribution in [2.24, 2.45) is 0 Å². The standard InChI is InChI=1S/C17H23ClO2/c1-16(2)11-20-15-6-5-12(9-13(15)16)14(18)10-17(19-3)7-4-8-17/h5-6,9,14H,4,7-8,10-11H2,1-3H3. The largest absolute Gasteiger partial charge is 0.492 e. The van der Waals surface area contributed by atoms with Gasteiger partial charge >= 0.3 is 0 Å². The Balaban J connectivity index is 1.81. The van der Waals surface area contributed by atoms with Gasteiger partial charge in [-0.3, -0.25) is 0 Å². The summed E-state index contributed by atoms with van der Waals surface area (Å²) in [6.45, 7) is 5.18. The number of ether oxygens (including phenoxy) is 2. The van der Waals surface area contributed by atoms with Gasteiger partial charge in [0.05, 0.1) is 17.6 Å². The molecule has 0 amide bonds. The van der Waals surface area contributed by atoms with Crippen LogP contribution in [0.15, 0.2) is 18.2 Å². The number of hydrogen-bond donors (Lipinski definition) is 0. The van der Waals surface area contributed by atoms with Crippen LogP contribution in [0.4, 0.5) is 0 Å². The van der Waals surface area contributed by atoms with Crippen molar-refractivity contribution in [3.05, 3.63) is 29.3 Å². The zero-order valence-electron chi connectivity index (χ0n) is 12.5. The Kier molecular flexibility index (Phi) is 3.50. The van der Waals surface area contributed by atoms with E-state index >= 15 is 0 Å². The lowest BCUT2D eigenvalue weighted by molar-refractivity contribution is -0.0780. The summed E-state index contributed by atoms with van der Waals surface area (Å²) in [5.74, 6) is 1.01. The van der Waals surface area contributed by atoms with Gasteiger partial charge < -0.3 is 9.47 Å². The summed E-state index contributed by atoms with van der Waals surface area (Å²) in [4.78, 5) is 0. The zero-order chi connectivity index (χ0) is 14.4. The SMILES string of the molecule is COC1(CC(Cl)c2ccc3c(c2)C(C)(C)CO3)CCC1. The molecule has 0 spiro atoms. The number of methoxy groups -OCH3 is 1. The highest BCUT2D eigenvalue weighted by Crippen LogP contribution is 2.46. The molecule has 110 valence electrons. The fraction of sp³-hybridized carbons (Fsp3) is 0.647. The lowest BCUT2D eigenvalue weighted by Crippen LogP contribution is -2.39. The molecule has 2 aliphatic rings. The molecule has 1 atom stereocenters. The summed E-state index contributed by atoms with van der Waals surface area (Å²) in [6, 6.07) is 6.39. The van der Waals surface area contributed by atoms with Crippen LogP contribution in [-0.2, 0) is 10.2 Å². The van der Waals surface area contributed by atoms with Gasteiger partial charge in [0.15, 0.2) is 0 Å². The second kappa shape index (κ2) is 4.92. The molecule has 1 aromatic rings. The third-order valence-electron chi connectivity index (χ3n) is 4.93. The monoisotopic (exact) mass is 294 g/mol. The van der Waals surface area contributed by atoms with E-state index in [0.29, 0.717) is 0 Å². The summed E-state index contributed by atoms with van der Waals surface area (Å²) >= 11 is 6.66. The van der Waals surface area contributed by atoms with Gasteiger partial charge in [0.25, 0.3) is 0 Å². The molecule has 20 heavy (non-hydrogen) atoms. The average Bonchev–Trinajstić information content (AvgIpc) is 2.69. The van der Waals surface area contributed by atoms with Crippen LogP contribution in [0.1, 0.15) is 56.0 Å². The number of hydrogen-bond acceptors (Lipinski definition) is 2. The molecule has 0 radical (unpaired) electrons.